The van der Waals surface area contributed by atoms with Crippen LogP contribution >= 0.6 is 24.0 Å². The van der Waals surface area contributed by atoms with Crippen molar-refractivity contribution in [3.63, 3.8) is 0 Å². The highest BCUT2D eigenvalue weighted by Crippen LogP contribution is 1.98. The van der Waals surface area contributed by atoms with Crippen molar-refractivity contribution in [1.82, 2.24) is 15.5 Å². The van der Waals surface area contributed by atoms with Gasteiger partial charge in [0, 0.05) is 25.7 Å². The van der Waals surface area contributed by atoms with E-state index >= 15 is 0 Å². The number of unbranched alkanes of at least 4 members (excludes halogenated alkanes) is 1. The molecule has 0 bridgehead atoms. The van der Waals surface area contributed by atoms with Gasteiger partial charge in [0.25, 0.3) is 0 Å². The summed E-state index contributed by atoms with van der Waals surface area (Å²) in [4.78, 5) is 18.2. The van der Waals surface area contributed by atoms with Gasteiger partial charge in [0.2, 0.25) is 5.91 Å². The first-order valence-corrected chi connectivity index (χ1v) is 7.10. The molecule has 0 saturated heterocycles. The zero-order valence-electron chi connectivity index (χ0n) is 13.7. The SMILES string of the molecule is CCCCN(C)C(=NCC(=O)NC(C)(C)C)NCC.I. The van der Waals surface area contributed by atoms with E-state index in [0.29, 0.717) is 0 Å². The van der Waals surface area contributed by atoms with Crippen LogP contribution in [-0.4, -0.2) is 49.0 Å². The van der Waals surface area contributed by atoms with E-state index in [4.69, 9.17) is 0 Å². The summed E-state index contributed by atoms with van der Waals surface area (Å²) in [6.45, 7) is 12.0. The van der Waals surface area contributed by atoms with E-state index in [0.717, 1.165) is 31.9 Å². The first-order valence-electron chi connectivity index (χ1n) is 7.10. The van der Waals surface area contributed by atoms with Crippen LogP contribution in [0.25, 0.3) is 0 Å². The summed E-state index contributed by atoms with van der Waals surface area (Å²) >= 11 is 0. The van der Waals surface area contributed by atoms with Gasteiger partial charge in [-0.15, -0.1) is 24.0 Å². The number of nitrogens with one attached hydrogen (secondary N) is 2. The fraction of sp³-hybridized carbons (Fsp3) is 0.857. The third-order valence-electron chi connectivity index (χ3n) is 2.43. The molecule has 0 aliphatic carbocycles. The molecule has 0 saturated carbocycles. The molecular formula is C14H31IN4O. The first kappa shape index (κ1) is 21.8. The molecular weight excluding hydrogens is 367 g/mol. The Kier molecular flexibility index (Phi) is 12.1. The van der Waals surface area contributed by atoms with Gasteiger partial charge in [0.15, 0.2) is 5.96 Å². The van der Waals surface area contributed by atoms with Crippen molar-refractivity contribution in [3.05, 3.63) is 0 Å². The highest BCUT2D eigenvalue weighted by Gasteiger charge is 2.13. The summed E-state index contributed by atoms with van der Waals surface area (Å²) in [5, 5.41) is 6.11. The molecule has 120 valence electrons. The lowest BCUT2D eigenvalue weighted by molar-refractivity contribution is -0.121. The number of carbonyl (C=O) groups excluding carboxylic acids is 1. The lowest BCUT2D eigenvalue weighted by Gasteiger charge is -2.23. The van der Waals surface area contributed by atoms with Crippen LogP contribution in [0.4, 0.5) is 0 Å². The van der Waals surface area contributed by atoms with E-state index in [2.05, 4.69) is 27.4 Å². The maximum absolute atomic E-state index is 11.7. The van der Waals surface area contributed by atoms with E-state index in [1.165, 1.54) is 0 Å². The van der Waals surface area contributed by atoms with Crippen molar-refractivity contribution in [3.8, 4) is 0 Å². The van der Waals surface area contributed by atoms with Crippen molar-refractivity contribution in [1.29, 1.82) is 0 Å². The molecule has 0 aliphatic rings. The number of amides is 1. The first-order chi connectivity index (χ1) is 8.80. The Bertz CT molecular complexity index is 300. The Balaban J connectivity index is 0. The van der Waals surface area contributed by atoms with Crippen molar-refractivity contribution in [2.45, 2.75) is 53.0 Å². The maximum atomic E-state index is 11.7. The Morgan fingerprint density at radius 2 is 1.85 bits per heavy atom. The number of hydrogen-bond donors (Lipinski definition) is 2. The predicted molar refractivity (Wildman–Crippen MR) is 96.8 cm³/mol. The number of guanidine groups is 1. The topological polar surface area (TPSA) is 56.7 Å². The summed E-state index contributed by atoms with van der Waals surface area (Å²) in [5.74, 6) is 0.742. The van der Waals surface area contributed by atoms with Crippen LogP contribution in [0.1, 0.15) is 47.5 Å². The Morgan fingerprint density at radius 3 is 2.30 bits per heavy atom. The molecule has 6 heteroatoms. The Morgan fingerprint density at radius 1 is 1.25 bits per heavy atom. The lowest BCUT2D eigenvalue weighted by atomic mass is 10.1. The molecule has 0 heterocycles. The largest absolute Gasteiger partial charge is 0.357 e. The fourth-order valence-electron chi connectivity index (χ4n) is 1.58. The molecule has 0 aliphatic heterocycles. The lowest BCUT2D eigenvalue weighted by Crippen LogP contribution is -2.43. The summed E-state index contributed by atoms with van der Waals surface area (Å²) in [6.07, 6.45) is 2.27. The van der Waals surface area contributed by atoms with Gasteiger partial charge in [-0.3, -0.25) is 4.79 Å². The van der Waals surface area contributed by atoms with Crippen molar-refractivity contribution >= 4 is 35.8 Å². The second-order valence-corrected chi connectivity index (χ2v) is 5.74. The second kappa shape index (κ2) is 11.2. The van der Waals surface area contributed by atoms with Crippen LogP contribution < -0.4 is 10.6 Å². The van der Waals surface area contributed by atoms with Gasteiger partial charge in [-0.25, -0.2) is 4.99 Å². The van der Waals surface area contributed by atoms with Crippen LogP contribution in [0.2, 0.25) is 0 Å². The summed E-state index contributed by atoms with van der Waals surface area (Å²) < 4.78 is 0. The molecule has 0 atom stereocenters. The smallest absolute Gasteiger partial charge is 0.242 e. The summed E-state index contributed by atoms with van der Waals surface area (Å²) in [7, 11) is 2.00. The minimum atomic E-state index is -0.209. The molecule has 2 N–H and O–H groups in total. The normalized spacial score (nSPS) is 11.6. The van der Waals surface area contributed by atoms with E-state index in [-0.39, 0.29) is 42.0 Å². The highest BCUT2D eigenvalue weighted by atomic mass is 127. The van der Waals surface area contributed by atoms with Crippen LogP contribution in [0.15, 0.2) is 4.99 Å². The van der Waals surface area contributed by atoms with Gasteiger partial charge in [-0.1, -0.05) is 13.3 Å². The number of halogens is 1. The van der Waals surface area contributed by atoms with Crippen LogP contribution in [0, 0.1) is 0 Å². The maximum Gasteiger partial charge on any atom is 0.242 e. The average Bonchev–Trinajstić information content (AvgIpc) is 2.29. The quantitative estimate of drug-likeness (QED) is 0.410. The third-order valence-corrected chi connectivity index (χ3v) is 2.43. The van der Waals surface area contributed by atoms with Gasteiger partial charge in [0.05, 0.1) is 0 Å². The molecule has 0 rings (SSSR count). The van der Waals surface area contributed by atoms with E-state index < -0.39 is 0 Å². The highest BCUT2D eigenvalue weighted by molar-refractivity contribution is 14.0. The molecule has 0 aromatic rings. The molecule has 1 amide bonds. The number of carbonyl (C=O) groups is 1. The minimum absolute atomic E-state index is 0. The summed E-state index contributed by atoms with van der Waals surface area (Å²) in [6, 6.07) is 0. The van der Waals surface area contributed by atoms with Crippen LogP contribution in [-0.2, 0) is 4.79 Å². The Labute approximate surface area is 141 Å². The molecule has 0 radical (unpaired) electrons. The molecule has 5 nitrogen and oxygen atoms in total. The molecule has 0 aromatic carbocycles. The fourth-order valence-corrected chi connectivity index (χ4v) is 1.58. The van der Waals surface area contributed by atoms with Gasteiger partial charge < -0.3 is 15.5 Å². The monoisotopic (exact) mass is 398 g/mol. The van der Waals surface area contributed by atoms with Crippen LogP contribution in [0.3, 0.4) is 0 Å². The van der Waals surface area contributed by atoms with Gasteiger partial charge in [0.1, 0.15) is 6.54 Å². The van der Waals surface area contributed by atoms with Gasteiger partial charge >= 0.3 is 0 Å². The number of hydrogen-bond acceptors (Lipinski definition) is 2. The molecule has 0 spiro atoms. The molecule has 0 aromatic heterocycles. The number of nitrogens with zero attached hydrogens (tertiary/aromatic N) is 2. The number of aliphatic imine (C=N–C) groups is 1. The average molecular weight is 398 g/mol. The zero-order valence-corrected chi connectivity index (χ0v) is 16.1. The minimum Gasteiger partial charge on any atom is -0.357 e. The predicted octanol–water partition coefficient (Wildman–Crippen LogP) is 2.22. The molecule has 0 unspecified atom stereocenters. The number of rotatable bonds is 6. The van der Waals surface area contributed by atoms with E-state index in [9.17, 15) is 4.79 Å². The van der Waals surface area contributed by atoms with E-state index in [1.54, 1.807) is 0 Å². The standard InChI is InChI=1S/C14H30N4O.HI/c1-7-9-10-18(6)13(15-8-2)16-11-12(19)17-14(3,4)5;/h7-11H2,1-6H3,(H,15,16)(H,17,19);1H. The van der Waals surface area contributed by atoms with E-state index in [1.807, 2.05) is 34.7 Å². The second-order valence-electron chi connectivity index (χ2n) is 5.74. The van der Waals surface area contributed by atoms with Crippen molar-refractivity contribution in [2.24, 2.45) is 4.99 Å². The third kappa shape index (κ3) is 11.3. The molecule has 20 heavy (non-hydrogen) atoms. The Hall–Kier alpha value is -0.530. The molecule has 0 fully saturated rings. The van der Waals surface area contributed by atoms with Gasteiger partial charge in [-0.2, -0.15) is 0 Å². The van der Waals surface area contributed by atoms with Gasteiger partial charge in [-0.05, 0) is 34.1 Å². The van der Waals surface area contributed by atoms with Crippen LogP contribution in [0.5, 0.6) is 0 Å². The summed E-state index contributed by atoms with van der Waals surface area (Å²) in [5.41, 5.74) is -0.209. The van der Waals surface area contributed by atoms with Crippen molar-refractivity contribution < 1.29 is 4.79 Å². The zero-order chi connectivity index (χ0) is 14.9. The van der Waals surface area contributed by atoms with Crippen molar-refractivity contribution in [2.75, 3.05) is 26.7 Å².